The zero-order chi connectivity index (χ0) is 12.9. The van der Waals surface area contributed by atoms with E-state index >= 15 is 0 Å². The monoisotopic (exact) mass is 250 g/mol. The van der Waals surface area contributed by atoms with E-state index in [-0.39, 0.29) is 12.4 Å². The molecule has 0 bridgehead atoms. The third-order valence-corrected chi connectivity index (χ3v) is 1.92. The van der Waals surface area contributed by atoms with Crippen LogP contribution in [0.4, 0.5) is 24.9 Å². The first kappa shape index (κ1) is 13.5. The second kappa shape index (κ2) is 5.67. The lowest BCUT2D eigenvalue weighted by Crippen LogP contribution is -2.13. The van der Waals surface area contributed by atoms with Crippen LogP contribution in [0.2, 0.25) is 0 Å². The second-order valence-electron chi connectivity index (χ2n) is 3.35. The van der Waals surface area contributed by atoms with Crippen LogP contribution >= 0.6 is 0 Å². The lowest BCUT2D eigenvalue weighted by atomic mass is 10.3. The molecule has 96 valence electrons. The van der Waals surface area contributed by atoms with Crippen LogP contribution in [0.25, 0.3) is 0 Å². The molecule has 0 aliphatic carbocycles. The summed E-state index contributed by atoms with van der Waals surface area (Å²) in [7, 11) is 0. The summed E-state index contributed by atoms with van der Waals surface area (Å²) in [6, 6.07) is 0.801. The van der Waals surface area contributed by atoms with Gasteiger partial charge in [-0.1, -0.05) is 0 Å². The van der Waals surface area contributed by atoms with Crippen LogP contribution in [0.3, 0.4) is 0 Å². The fraction of sp³-hybridized carbons (Fsp3) is 0.556. The average molecular weight is 250 g/mol. The van der Waals surface area contributed by atoms with Gasteiger partial charge in [0.25, 0.3) is 0 Å². The van der Waals surface area contributed by atoms with Gasteiger partial charge in [0.1, 0.15) is 5.82 Å². The minimum atomic E-state index is -4.54. The van der Waals surface area contributed by atoms with Crippen molar-refractivity contribution in [2.75, 3.05) is 24.2 Å². The minimum Gasteiger partial charge on any atom is -0.396 e. The zero-order valence-corrected chi connectivity index (χ0v) is 8.96. The third kappa shape index (κ3) is 4.43. The van der Waals surface area contributed by atoms with Crippen molar-refractivity contribution >= 4 is 11.8 Å². The summed E-state index contributed by atoms with van der Waals surface area (Å²) in [6.45, 7) is 0.454. The summed E-state index contributed by atoms with van der Waals surface area (Å²) in [5.74, 6) is -0.396. The van der Waals surface area contributed by atoms with E-state index in [1.807, 2.05) is 0 Å². The Morgan fingerprint density at radius 2 is 2.00 bits per heavy atom. The van der Waals surface area contributed by atoms with Crippen molar-refractivity contribution in [2.45, 2.75) is 19.0 Å². The Morgan fingerprint density at radius 1 is 1.29 bits per heavy atom. The third-order valence-electron chi connectivity index (χ3n) is 1.92. The van der Waals surface area contributed by atoms with Crippen molar-refractivity contribution in [1.29, 1.82) is 0 Å². The molecule has 0 saturated carbocycles. The molecule has 0 aliphatic rings. The summed E-state index contributed by atoms with van der Waals surface area (Å²) in [4.78, 5) is 6.75. The van der Waals surface area contributed by atoms with E-state index in [1.165, 1.54) is 0 Å². The number of nitrogen functional groups attached to an aromatic ring is 1. The molecule has 4 N–H and O–H groups in total. The lowest BCUT2D eigenvalue weighted by molar-refractivity contribution is -0.141. The van der Waals surface area contributed by atoms with Crippen molar-refractivity contribution in [1.82, 2.24) is 9.97 Å². The van der Waals surface area contributed by atoms with Crippen LogP contribution < -0.4 is 11.1 Å². The van der Waals surface area contributed by atoms with Gasteiger partial charge in [-0.3, -0.25) is 0 Å². The van der Waals surface area contributed by atoms with Gasteiger partial charge in [0.15, 0.2) is 5.69 Å². The van der Waals surface area contributed by atoms with Gasteiger partial charge in [0.2, 0.25) is 5.95 Å². The lowest BCUT2D eigenvalue weighted by Gasteiger charge is -2.09. The number of hydrogen-bond donors (Lipinski definition) is 3. The molecule has 0 amide bonds. The Bertz CT molecular complexity index is 370. The molecule has 1 aromatic rings. The van der Waals surface area contributed by atoms with E-state index in [1.54, 1.807) is 0 Å². The van der Waals surface area contributed by atoms with Crippen molar-refractivity contribution in [3.8, 4) is 0 Å². The van der Waals surface area contributed by atoms with Crippen molar-refractivity contribution in [2.24, 2.45) is 0 Å². The average Bonchev–Trinajstić information content (AvgIpc) is 2.22. The van der Waals surface area contributed by atoms with Gasteiger partial charge in [-0.25, -0.2) is 4.98 Å². The number of alkyl halides is 3. The van der Waals surface area contributed by atoms with Crippen LogP contribution in [0.5, 0.6) is 0 Å². The molecular weight excluding hydrogens is 237 g/mol. The van der Waals surface area contributed by atoms with E-state index in [4.69, 9.17) is 10.8 Å². The zero-order valence-electron chi connectivity index (χ0n) is 8.96. The van der Waals surface area contributed by atoms with Crippen LogP contribution in [0, 0.1) is 0 Å². The quantitative estimate of drug-likeness (QED) is 0.685. The number of anilines is 2. The highest BCUT2D eigenvalue weighted by atomic mass is 19.4. The van der Waals surface area contributed by atoms with Gasteiger partial charge in [-0.2, -0.15) is 18.2 Å². The van der Waals surface area contributed by atoms with E-state index in [9.17, 15) is 13.2 Å². The number of aromatic nitrogens is 2. The maximum Gasteiger partial charge on any atom is 0.433 e. The van der Waals surface area contributed by atoms with Gasteiger partial charge < -0.3 is 16.2 Å². The molecule has 1 rings (SSSR count). The molecule has 0 fully saturated rings. The smallest absolute Gasteiger partial charge is 0.396 e. The topological polar surface area (TPSA) is 84.1 Å². The summed E-state index contributed by atoms with van der Waals surface area (Å²) < 4.78 is 37.2. The second-order valence-corrected chi connectivity index (χ2v) is 3.35. The number of unbranched alkanes of at least 4 members (excludes halogenated alkanes) is 1. The van der Waals surface area contributed by atoms with Crippen LogP contribution in [0.1, 0.15) is 18.5 Å². The van der Waals surface area contributed by atoms with E-state index < -0.39 is 17.8 Å². The summed E-state index contributed by atoms with van der Waals surface area (Å²) in [5.41, 5.74) is 4.11. The number of nitrogens with zero attached hydrogens (tertiary/aromatic N) is 2. The number of aliphatic hydroxyl groups is 1. The number of hydrogen-bond acceptors (Lipinski definition) is 5. The number of halogens is 3. The van der Waals surface area contributed by atoms with Crippen molar-refractivity contribution in [3.63, 3.8) is 0 Å². The molecule has 0 saturated heterocycles. The van der Waals surface area contributed by atoms with Crippen molar-refractivity contribution in [3.05, 3.63) is 11.8 Å². The number of nitrogens with one attached hydrogen (secondary N) is 1. The van der Waals surface area contributed by atoms with Gasteiger partial charge >= 0.3 is 6.18 Å². The molecule has 1 aromatic heterocycles. The number of rotatable bonds is 5. The standard InChI is InChI=1S/C9H13F3N4O/c10-9(11,12)6-5-7(16-8(13)15-6)14-3-1-2-4-17/h5,17H,1-4H2,(H3,13,14,15,16). The molecule has 1 heterocycles. The van der Waals surface area contributed by atoms with Crippen molar-refractivity contribution < 1.29 is 18.3 Å². The highest BCUT2D eigenvalue weighted by molar-refractivity contribution is 5.41. The Kier molecular flexibility index (Phi) is 4.50. The molecule has 0 aliphatic heterocycles. The van der Waals surface area contributed by atoms with Gasteiger partial charge in [-0.05, 0) is 12.8 Å². The largest absolute Gasteiger partial charge is 0.433 e. The van der Waals surface area contributed by atoms with E-state index in [0.29, 0.717) is 19.4 Å². The Labute approximate surface area is 95.9 Å². The molecule has 0 spiro atoms. The highest BCUT2D eigenvalue weighted by Gasteiger charge is 2.33. The first-order valence-electron chi connectivity index (χ1n) is 5.00. The molecule has 8 heteroatoms. The van der Waals surface area contributed by atoms with Crippen LogP contribution in [-0.4, -0.2) is 28.2 Å². The predicted molar refractivity (Wildman–Crippen MR) is 56.3 cm³/mol. The molecule has 0 unspecified atom stereocenters. The molecule has 0 radical (unpaired) electrons. The maximum atomic E-state index is 12.4. The SMILES string of the molecule is Nc1nc(NCCCCO)cc(C(F)(F)F)n1. The van der Waals surface area contributed by atoms with Crippen LogP contribution in [0.15, 0.2) is 6.07 Å². The minimum absolute atomic E-state index is 0.0303. The highest BCUT2D eigenvalue weighted by Crippen LogP contribution is 2.29. The summed E-state index contributed by atoms with van der Waals surface area (Å²) >= 11 is 0. The fourth-order valence-electron chi connectivity index (χ4n) is 1.15. The van der Waals surface area contributed by atoms with Gasteiger partial charge in [0.05, 0.1) is 0 Å². The number of nitrogens with two attached hydrogens (primary N) is 1. The normalized spacial score (nSPS) is 11.5. The first-order chi connectivity index (χ1) is 7.93. The number of aliphatic hydroxyl groups excluding tert-OH is 1. The Morgan fingerprint density at radius 3 is 2.59 bits per heavy atom. The Hall–Kier alpha value is -1.57. The summed E-state index contributed by atoms with van der Waals surface area (Å²) in [6.07, 6.45) is -3.35. The molecular formula is C9H13F3N4O. The molecule has 5 nitrogen and oxygen atoms in total. The molecule has 0 aromatic carbocycles. The molecule has 17 heavy (non-hydrogen) atoms. The van der Waals surface area contributed by atoms with Gasteiger partial charge in [0, 0.05) is 19.2 Å². The van der Waals surface area contributed by atoms with E-state index in [2.05, 4.69) is 15.3 Å². The van der Waals surface area contributed by atoms with E-state index in [0.717, 1.165) is 6.07 Å². The Balaban J connectivity index is 2.69. The fourth-order valence-corrected chi connectivity index (χ4v) is 1.15. The predicted octanol–water partition coefficient (Wildman–Crippen LogP) is 1.26. The van der Waals surface area contributed by atoms with Gasteiger partial charge in [-0.15, -0.1) is 0 Å². The molecule has 0 atom stereocenters. The summed E-state index contributed by atoms with van der Waals surface area (Å²) in [5, 5.41) is 11.2. The maximum absolute atomic E-state index is 12.4. The van der Waals surface area contributed by atoms with Crippen LogP contribution in [-0.2, 0) is 6.18 Å². The first-order valence-corrected chi connectivity index (χ1v) is 5.00.